The lowest BCUT2D eigenvalue weighted by molar-refractivity contribution is -0.138. The molecule has 0 atom stereocenters. The maximum Gasteiger partial charge on any atom is 0.390 e. The molecule has 1 aromatic rings. The SMILES string of the molecule is CCN(CC)CCN(CCC(F)(F)F)Cc1cccc(N)c1.Cl.Cl. The maximum atomic E-state index is 12.5. The van der Waals surface area contributed by atoms with E-state index in [-0.39, 0.29) is 31.4 Å². The third kappa shape index (κ3) is 11.0. The summed E-state index contributed by atoms with van der Waals surface area (Å²) in [6, 6.07) is 7.32. The highest BCUT2D eigenvalue weighted by Crippen LogP contribution is 2.20. The van der Waals surface area contributed by atoms with Gasteiger partial charge in [-0.3, -0.25) is 4.90 Å². The van der Waals surface area contributed by atoms with Gasteiger partial charge in [-0.25, -0.2) is 0 Å². The summed E-state index contributed by atoms with van der Waals surface area (Å²) in [6.45, 7) is 7.81. The number of anilines is 1. The van der Waals surface area contributed by atoms with E-state index in [1.807, 2.05) is 23.1 Å². The van der Waals surface area contributed by atoms with E-state index in [4.69, 9.17) is 5.73 Å². The topological polar surface area (TPSA) is 32.5 Å². The first-order valence-corrected chi connectivity index (χ1v) is 7.70. The van der Waals surface area contributed by atoms with Crippen molar-refractivity contribution in [1.82, 2.24) is 9.80 Å². The van der Waals surface area contributed by atoms with Crippen LogP contribution in [0.25, 0.3) is 0 Å². The smallest absolute Gasteiger partial charge is 0.390 e. The van der Waals surface area contributed by atoms with Crippen LogP contribution in [0.3, 0.4) is 0 Å². The number of hydrogen-bond donors (Lipinski definition) is 1. The van der Waals surface area contributed by atoms with E-state index >= 15 is 0 Å². The van der Waals surface area contributed by atoms with Crippen LogP contribution in [-0.4, -0.2) is 48.7 Å². The first-order chi connectivity index (χ1) is 10.3. The number of hydrogen-bond acceptors (Lipinski definition) is 3. The van der Waals surface area contributed by atoms with Gasteiger partial charge in [0.25, 0.3) is 0 Å². The molecule has 0 heterocycles. The molecule has 3 nitrogen and oxygen atoms in total. The molecule has 0 spiro atoms. The van der Waals surface area contributed by atoms with Crippen LogP contribution in [-0.2, 0) is 6.54 Å². The predicted molar refractivity (Wildman–Crippen MR) is 99.1 cm³/mol. The van der Waals surface area contributed by atoms with E-state index in [0.29, 0.717) is 18.8 Å². The minimum Gasteiger partial charge on any atom is -0.399 e. The molecule has 0 amide bonds. The van der Waals surface area contributed by atoms with E-state index in [1.165, 1.54) is 0 Å². The Hall–Kier alpha value is -0.690. The highest BCUT2D eigenvalue weighted by molar-refractivity contribution is 5.85. The third-order valence-electron chi connectivity index (χ3n) is 3.70. The van der Waals surface area contributed by atoms with E-state index in [1.54, 1.807) is 6.07 Å². The molecule has 0 aromatic heterocycles. The molecule has 2 N–H and O–H groups in total. The van der Waals surface area contributed by atoms with E-state index < -0.39 is 12.6 Å². The number of nitrogen functional groups attached to an aromatic ring is 1. The Morgan fingerprint density at radius 2 is 1.54 bits per heavy atom. The number of rotatable bonds is 9. The van der Waals surface area contributed by atoms with Crippen molar-refractivity contribution in [2.45, 2.75) is 33.0 Å². The number of alkyl halides is 3. The number of likely N-dealkylation sites (N-methyl/N-ethyl adjacent to an activating group) is 1. The van der Waals surface area contributed by atoms with Crippen LogP contribution in [0.1, 0.15) is 25.8 Å². The van der Waals surface area contributed by atoms with Crippen LogP contribution in [0.15, 0.2) is 24.3 Å². The molecule has 0 fully saturated rings. The molecular weight excluding hydrogens is 362 g/mol. The molecule has 0 aliphatic rings. The standard InChI is InChI=1S/C16H26F3N3.2ClH/c1-3-21(4-2)10-11-22(9-8-16(17,18)19)13-14-6-5-7-15(20)12-14;;/h5-7,12H,3-4,8-11,13,20H2,1-2H3;2*1H. The Morgan fingerprint density at radius 1 is 0.958 bits per heavy atom. The molecule has 24 heavy (non-hydrogen) atoms. The zero-order chi connectivity index (χ0) is 16.6. The molecule has 1 aromatic carbocycles. The van der Waals surface area contributed by atoms with Gasteiger partial charge in [0.05, 0.1) is 6.42 Å². The first-order valence-electron chi connectivity index (χ1n) is 7.70. The molecule has 0 aliphatic heterocycles. The van der Waals surface area contributed by atoms with Gasteiger partial charge in [-0.1, -0.05) is 26.0 Å². The Labute approximate surface area is 155 Å². The molecule has 0 aliphatic carbocycles. The quantitative estimate of drug-likeness (QED) is 0.642. The van der Waals surface area contributed by atoms with Crippen LogP contribution in [0.5, 0.6) is 0 Å². The second-order valence-electron chi connectivity index (χ2n) is 5.41. The normalized spacial score (nSPS) is 11.3. The second-order valence-corrected chi connectivity index (χ2v) is 5.41. The van der Waals surface area contributed by atoms with Crippen molar-refractivity contribution < 1.29 is 13.2 Å². The van der Waals surface area contributed by atoms with Crippen molar-refractivity contribution in [3.8, 4) is 0 Å². The summed E-state index contributed by atoms with van der Waals surface area (Å²) in [7, 11) is 0. The molecule has 142 valence electrons. The molecule has 0 radical (unpaired) electrons. The van der Waals surface area contributed by atoms with E-state index in [9.17, 15) is 13.2 Å². The van der Waals surface area contributed by atoms with Crippen molar-refractivity contribution in [1.29, 1.82) is 0 Å². The van der Waals surface area contributed by atoms with Crippen LogP contribution >= 0.6 is 24.8 Å². The number of nitrogens with zero attached hydrogens (tertiary/aromatic N) is 2. The average Bonchev–Trinajstić information content (AvgIpc) is 2.44. The van der Waals surface area contributed by atoms with Gasteiger partial charge in [0.15, 0.2) is 0 Å². The zero-order valence-corrected chi connectivity index (χ0v) is 15.8. The van der Waals surface area contributed by atoms with Gasteiger partial charge >= 0.3 is 6.18 Å². The van der Waals surface area contributed by atoms with Crippen molar-refractivity contribution in [2.24, 2.45) is 0 Å². The summed E-state index contributed by atoms with van der Waals surface area (Å²) in [6.07, 6.45) is -4.91. The number of benzene rings is 1. The molecule has 8 heteroatoms. The van der Waals surface area contributed by atoms with E-state index in [0.717, 1.165) is 25.2 Å². The minimum absolute atomic E-state index is 0. The number of halogens is 5. The fourth-order valence-electron chi connectivity index (χ4n) is 2.33. The summed E-state index contributed by atoms with van der Waals surface area (Å²) >= 11 is 0. The lowest BCUT2D eigenvalue weighted by Gasteiger charge is -2.27. The summed E-state index contributed by atoms with van der Waals surface area (Å²) in [5.41, 5.74) is 7.32. The van der Waals surface area contributed by atoms with Gasteiger partial charge in [-0.2, -0.15) is 13.2 Å². The largest absolute Gasteiger partial charge is 0.399 e. The third-order valence-corrected chi connectivity index (χ3v) is 3.70. The average molecular weight is 390 g/mol. The maximum absolute atomic E-state index is 12.5. The molecule has 0 saturated heterocycles. The molecule has 0 bridgehead atoms. The monoisotopic (exact) mass is 389 g/mol. The van der Waals surface area contributed by atoms with Crippen molar-refractivity contribution in [2.75, 3.05) is 38.5 Å². The fourth-order valence-corrected chi connectivity index (χ4v) is 2.33. The van der Waals surface area contributed by atoms with Gasteiger partial charge in [-0.15, -0.1) is 24.8 Å². The lowest BCUT2D eigenvalue weighted by Crippen LogP contribution is -2.36. The predicted octanol–water partition coefficient (Wildman–Crippen LogP) is 4.21. The van der Waals surface area contributed by atoms with Crippen molar-refractivity contribution in [3.05, 3.63) is 29.8 Å². The Kier molecular flexibility index (Phi) is 13.5. The Morgan fingerprint density at radius 3 is 2.04 bits per heavy atom. The summed E-state index contributed by atoms with van der Waals surface area (Å²) in [5.74, 6) is 0. The van der Waals surface area contributed by atoms with Crippen LogP contribution in [0, 0.1) is 0 Å². The highest BCUT2D eigenvalue weighted by atomic mass is 35.5. The first kappa shape index (κ1) is 25.5. The Balaban J connectivity index is 0. The van der Waals surface area contributed by atoms with Gasteiger partial charge in [0.1, 0.15) is 0 Å². The van der Waals surface area contributed by atoms with Crippen molar-refractivity contribution in [3.63, 3.8) is 0 Å². The molecular formula is C16H28Cl2F3N3. The second kappa shape index (κ2) is 12.6. The zero-order valence-electron chi connectivity index (χ0n) is 14.2. The van der Waals surface area contributed by atoms with E-state index in [2.05, 4.69) is 18.7 Å². The summed E-state index contributed by atoms with van der Waals surface area (Å²) < 4.78 is 37.5. The van der Waals surface area contributed by atoms with Gasteiger partial charge < -0.3 is 10.6 Å². The molecule has 0 saturated carbocycles. The van der Waals surface area contributed by atoms with Crippen molar-refractivity contribution >= 4 is 30.5 Å². The summed E-state index contributed by atoms with van der Waals surface area (Å²) in [4.78, 5) is 4.06. The van der Waals surface area contributed by atoms with Crippen LogP contribution < -0.4 is 5.73 Å². The lowest BCUT2D eigenvalue weighted by atomic mass is 10.2. The molecule has 1 rings (SSSR count). The number of nitrogens with two attached hydrogens (primary N) is 1. The molecule has 0 unspecified atom stereocenters. The summed E-state index contributed by atoms with van der Waals surface area (Å²) in [5, 5.41) is 0. The minimum atomic E-state index is -4.12. The van der Waals surface area contributed by atoms with Crippen LogP contribution in [0.4, 0.5) is 18.9 Å². The van der Waals surface area contributed by atoms with Crippen LogP contribution in [0.2, 0.25) is 0 Å². The van der Waals surface area contributed by atoms with Gasteiger partial charge in [0, 0.05) is 31.9 Å². The van der Waals surface area contributed by atoms with Gasteiger partial charge in [0.2, 0.25) is 0 Å². The van der Waals surface area contributed by atoms with Gasteiger partial charge in [-0.05, 0) is 30.8 Å². The Bertz CT molecular complexity index is 441. The fraction of sp³-hybridized carbons (Fsp3) is 0.625. The highest BCUT2D eigenvalue weighted by Gasteiger charge is 2.27.